The smallest absolute Gasteiger partial charge is 0.271 e. The fourth-order valence-corrected chi connectivity index (χ4v) is 3.33. The highest BCUT2D eigenvalue weighted by molar-refractivity contribution is 5.91. The SMILES string of the molecule is CNC(=O)c1cnc(NCCN2CCCC2)c([C@H](C)c2ccc(F)cc2)n1. The molecule has 0 radical (unpaired) electrons. The van der Waals surface area contributed by atoms with Crippen LogP contribution in [0.15, 0.2) is 30.5 Å². The number of aromatic nitrogens is 2. The number of amides is 1. The Morgan fingerprint density at radius 3 is 2.63 bits per heavy atom. The van der Waals surface area contributed by atoms with Gasteiger partial charge < -0.3 is 15.5 Å². The van der Waals surface area contributed by atoms with E-state index in [-0.39, 0.29) is 23.3 Å². The fourth-order valence-electron chi connectivity index (χ4n) is 3.33. The number of hydrogen-bond acceptors (Lipinski definition) is 5. The summed E-state index contributed by atoms with van der Waals surface area (Å²) in [6.07, 6.45) is 4.00. The van der Waals surface area contributed by atoms with Crippen molar-refractivity contribution in [3.05, 3.63) is 53.2 Å². The minimum atomic E-state index is -0.279. The van der Waals surface area contributed by atoms with Crippen molar-refractivity contribution in [1.82, 2.24) is 20.2 Å². The Bertz CT molecular complexity index is 774. The molecule has 1 aromatic heterocycles. The second-order valence-corrected chi connectivity index (χ2v) is 6.82. The van der Waals surface area contributed by atoms with Gasteiger partial charge in [0.1, 0.15) is 17.3 Å². The first kappa shape index (κ1) is 19.2. The molecule has 1 aromatic carbocycles. The standard InChI is InChI=1S/C20H26FN5O/c1-14(15-5-7-16(21)8-6-15)18-19(23-9-12-26-10-3-4-11-26)24-13-17(25-18)20(27)22-2/h5-8,13-14H,3-4,9-12H2,1-2H3,(H,22,27)(H,23,24)/t14-/m1/s1. The first-order valence-electron chi connectivity index (χ1n) is 9.39. The normalized spacial score (nSPS) is 15.5. The lowest BCUT2D eigenvalue weighted by atomic mass is 9.97. The minimum Gasteiger partial charge on any atom is -0.367 e. The monoisotopic (exact) mass is 371 g/mol. The van der Waals surface area contributed by atoms with Gasteiger partial charge in [0.2, 0.25) is 0 Å². The van der Waals surface area contributed by atoms with Crippen LogP contribution in [-0.4, -0.2) is 54.0 Å². The van der Waals surface area contributed by atoms with Gasteiger partial charge in [0.05, 0.1) is 11.9 Å². The van der Waals surface area contributed by atoms with Gasteiger partial charge in [0.25, 0.3) is 5.91 Å². The lowest BCUT2D eigenvalue weighted by molar-refractivity contribution is 0.0957. The van der Waals surface area contributed by atoms with E-state index in [1.165, 1.54) is 31.2 Å². The Labute approximate surface area is 159 Å². The van der Waals surface area contributed by atoms with E-state index in [2.05, 4.69) is 25.5 Å². The summed E-state index contributed by atoms with van der Waals surface area (Å²) in [7, 11) is 1.56. The summed E-state index contributed by atoms with van der Waals surface area (Å²) in [4.78, 5) is 23.4. The van der Waals surface area contributed by atoms with Gasteiger partial charge in [-0.3, -0.25) is 4.79 Å². The molecule has 144 valence electrons. The van der Waals surface area contributed by atoms with Gasteiger partial charge in [0.15, 0.2) is 0 Å². The van der Waals surface area contributed by atoms with Crippen molar-refractivity contribution in [2.24, 2.45) is 0 Å². The quantitative estimate of drug-likeness (QED) is 0.783. The number of hydrogen-bond donors (Lipinski definition) is 2. The third kappa shape index (κ3) is 4.80. The molecule has 1 aliphatic heterocycles. The molecule has 2 N–H and O–H groups in total. The average Bonchev–Trinajstić information content (AvgIpc) is 3.21. The lowest BCUT2D eigenvalue weighted by Crippen LogP contribution is -2.27. The van der Waals surface area contributed by atoms with Gasteiger partial charge in [-0.2, -0.15) is 0 Å². The van der Waals surface area contributed by atoms with Crippen molar-refractivity contribution in [3.8, 4) is 0 Å². The third-order valence-electron chi connectivity index (χ3n) is 4.96. The topological polar surface area (TPSA) is 70.2 Å². The number of rotatable bonds is 7. The molecule has 0 spiro atoms. The van der Waals surface area contributed by atoms with Crippen LogP contribution in [0, 0.1) is 5.82 Å². The molecular formula is C20H26FN5O. The Hall–Kier alpha value is -2.54. The summed E-state index contributed by atoms with van der Waals surface area (Å²) >= 11 is 0. The molecule has 1 amide bonds. The molecule has 2 heterocycles. The molecule has 1 atom stereocenters. The number of nitrogens with zero attached hydrogens (tertiary/aromatic N) is 3. The summed E-state index contributed by atoms with van der Waals surface area (Å²) < 4.78 is 13.3. The van der Waals surface area contributed by atoms with E-state index in [0.29, 0.717) is 11.5 Å². The molecule has 1 fully saturated rings. The van der Waals surface area contributed by atoms with Crippen molar-refractivity contribution in [2.45, 2.75) is 25.7 Å². The summed E-state index contributed by atoms with van der Waals surface area (Å²) in [5.74, 6) is -0.0190. The molecule has 2 aromatic rings. The number of halogens is 1. The molecular weight excluding hydrogens is 345 g/mol. The van der Waals surface area contributed by atoms with Gasteiger partial charge in [-0.25, -0.2) is 14.4 Å². The highest BCUT2D eigenvalue weighted by Gasteiger charge is 2.19. The zero-order valence-corrected chi connectivity index (χ0v) is 15.8. The number of anilines is 1. The molecule has 1 aliphatic rings. The summed E-state index contributed by atoms with van der Waals surface area (Å²) in [5, 5.41) is 5.94. The van der Waals surface area contributed by atoms with Gasteiger partial charge in [-0.1, -0.05) is 19.1 Å². The molecule has 0 saturated carbocycles. The van der Waals surface area contributed by atoms with E-state index < -0.39 is 0 Å². The minimum absolute atomic E-state index is 0.128. The molecule has 0 aliphatic carbocycles. The van der Waals surface area contributed by atoms with E-state index >= 15 is 0 Å². The van der Waals surface area contributed by atoms with Crippen LogP contribution in [0.3, 0.4) is 0 Å². The first-order valence-corrected chi connectivity index (χ1v) is 9.39. The van der Waals surface area contributed by atoms with Crippen molar-refractivity contribution in [3.63, 3.8) is 0 Å². The van der Waals surface area contributed by atoms with Crippen molar-refractivity contribution in [2.75, 3.05) is 38.5 Å². The molecule has 27 heavy (non-hydrogen) atoms. The van der Waals surface area contributed by atoms with Crippen molar-refractivity contribution >= 4 is 11.7 Å². The Morgan fingerprint density at radius 1 is 1.26 bits per heavy atom. The molecule has 7 heteroatoms. The van der Waals surface area contributed by atoms with E-state index in [0.717, 1.165) is 31.7 Å². The molecule has 3 rings (SSSR count). The van der Waals surface area contributed by atoms with Crippen molar-refractivity contribution < 1.29 is 9.18 Å². The zero-order valence-electron chi connectivity index (χ0n) is 15.8. The number of likely N-dealkylation sites (tertiary alicyclic amines) is 1. The molecule has 0 bridgehead atoms. The molecule has 6 nitrogen and oxygen atoms in total. The van der Waals surface area contributed by atoms with Crippen LogP contribution in [0.4, 0.5) is 10.2 Å². The van der Waals surface area contributed by atoms with E-state index in [4.69, 9.17) is 0 Å². The van der Waals surface area contributed by atoms with Crippen LogP contribution in [0.1, 0.15) is 47.4 Å². The average molecular weight is 371 g/mol. The predicted octanol–water partition coefficient (Wildman–Crippen LogP) is 2.63. The summed E-state index contributed by atoms with van der Waals surface area (Å²) in [5.41, 5.74) is 1.87. The van der Waals surface area contributed by atoms with Gasteiger partial charge in [-0.05, 0) is 43.6 Å². The number of carbonyl (C=O) groups excluding carboxylic acids is 1. The molecule has 0 unspecified atom stereocenters. The Morgan fingerprint density at radius 2 is 1.96 bits per heavy atom. The van der Waals surface area contributed by atoms with Gasteiger partial charge in [-0.15, -0.1) is 0 Å². The van der Waals surface area contributed by atoms with Crippen LogP contribution >= 0.6 is 0 Å². The molecule has 1 saturated heterocycles. The summed E-state index contributed by atoms with van der Waals surface area (Å²) in [6.45, 7) is 5.97. The number of carbonyl (C=O) groups is 1. The Kier molecular flexibility index (Phi) is 6.34. The second kappa shape index (κ2) is 8.90. The fraction of sp³-hybridized carbons (Fsp3) is 0.450. The highest BCUT2D eigenvalue weighted by Crippen LogP contribution is 2.27. The number of nitrogens with one attached hydrogen (secondary N) is 2. The van der Waals surface area contributed by atoms with Crippen LogP contribution in [-0.2, 0) is 0 Å². The van der Waals surface area contributed by atoms with Crippen LogP contribution < -0.4 is 10.6 Å². The van der Waals surface area contributed by atoms with Crippen molar-refractivity contribution in [1.29, 1.82) is 0 Å². The van der Waals surface area contributed by atoms with E-state index in [1.807, 2.05) is 6.92 Å². The number of benzene rings is 1. The van der Waals surface area contributed by atoms with Gasteiger partial charge >= 0.3 is 0 Å². The largest absolute Gasteiger partial charge is 0.367 e. The maximum absolute atomic E-state index is 13.3. The zero-order chi connectivity index (χ0) is 19.2. The predicted molar refractivity (Wildman–Crippen MR) is 104 cm³/mol. The van der Waals surface area contributed by atoms with E-state index in [1.54, 1.807) is 19.2 Å². The van der Waals surface area contributed by atoms with Crippen LogP contribution in [0.25, 0.3) is 0 Å². The first-order chi connectivity index (χ1) is 13.1. The second-order valence-electron chi connectivity index (χ2n) is 6.82. The maximum atomic E-state index is 13.3. The maximum Gasteiger partial charge on any atom is 0.271 e. The third-order valence-corrected chi connectivity index (χ3v) is 4.96. The summed E-state index contributed by atoms with van der Waals surface area (Å²) in [6, 6.07) is 6.34. The highest BCUT2D eigenvalue weighted by atomic mass is 19.1. The Balaban J connectivity index is 1.82. The van der Waals surface area contributed by atoms with Crippen LogP contribution in [0.5, 0.6) is 0 Å². The van der Waals surface area contributed by atoms with Gasteiger partial charge in [0, 0.05) is 26.1 Å². The lowest BCUT2D eigenvalue weighted by Gasteiger charge is -2.19. The van der Waals surface area contributed by atoms with E-state index in [9.17, 15) is 9.18 Å². The van der Waals surface area contributed by atoms with Crippen LogP contribution in [0.2, 0.25) is 0 Å².